The maximum atomic E-state index is 8.88. The summed E-state index contributed by atoms with van der Waals surface area (Å²) in [5.41, 5.74) is 1.85. The highest BCUT2D eigenvalue weighted by Crippen LogP contribution is 2.18. The second-order valence-electron chi connectivity index (χ2n) is 4.19. The molecule has 2 nitrogen and oxygen atoms in total. The van der Waals surface area contributed by atoms with Crippen molar-refractivity contribution < 1.29 is 0 Å². The summed E-state index contributed by atoms with van der Waals surface area (Å²) in [6.07, 6.45) is 0. The Balaban J connectivity index is 4.84. The monoisotopic (exact) mass is 166 g/mol. The number of allylic oxidation sites excluding steroid dienone is 2. The smallest absolute Gasteiger partial charge is 0.117 e. The lowest BCUT2D eigenvalue weighted by molar-refractivity contribution is 0.234. The number of nitriles is 1. The van der Waals surface area contributed by atoms with Gasteiger partial charge in [-0.15, -0.1) is 0 Å². The van der Waals surface area contributed by atoms with Gasteiger partial charge in [0.15, 0.2) is 0 Å². The molecule has 0 atom stereocenters. The minimum atomic E-state index is 0.0162. The van der Waals surface area contributed by atoms with Crippen LogP contribution < -0.4 is 0 Å². The largest absolute Gasteiger partial charge is 0.361 e. The highest BCUT2D eigenvalue weighted by molar-refractivity contribution is 5.25. The van der Waals surface area contributed by atoms with Crippen LogP contribution in [0.5, 0.6) is 0 Å². The molecule has 0 aromatic carbocycles. The van der Waals surface area contributed by atoms with Crippen molar-refractivity contribution in [1.29, 1.82) is 5.26 Å². The van der Waals surface area contributed by atoms with Gasteiger partial charge in [-0.1, -0.05) is 0 Å². The summed E-state index contributed by atoms with van der Waals surface area (Å²) in [7, 11) is 1.95. The van der Waals surface area contributed by atoms with Crippen LogP contribution in [-0.2, 0) is 0 Å². The maximum Gasteiger partial charge on any atom is 0.117 e. The van der Waals surface area contributed by atoms with Gasteiger partial charge in [0.05, 0.1) is 0 Å². The van der Waals surface area contributed by atoms with E-state index in [1.807, 2.05) is 25.8 Å². The molecule has 0 saturated heterocycles. The van der Waals surface area contributed by atoms with Gasteiger partial charge >= 0.3 is 0 Å². The Labute approximate surface area is 75.5 Å². The molecule has 0 aromatic rings. The van der Waals surface area contributed by atoms with E-state index in [1.54, 1.807) is 0 Å². The minimum Gasteiger partial charge on any atom is -0.361 e. The zero-order valence-corrected chi connectivity index (χ0v) is 8.89. The molecule has 0 aliphatic heterocycles. The van der Waals surface area contributed by atoms with Crippen molar-refractivity contribution in [2.75, 3.05) is 7.05 Å². The van der Waals surface area contributed by atoms with Crippen LogP contribution in [-0.4, -0.2) is 17.5 Å². The third-order valence-corrected chi connectivity index (χ3v) is 1.92. The molecule has 12 heavy (non-hydrogen) atoms. The molecule has 0 aliphatic rings. The second kappa shape index (κ2) is 3.62. The first-order valence-electron chi connectivity index (χ1n) is 4.12. The van der Waals surface area contributed by atoms with Gasteiger partial charge in [0, 0.05) is 12.6 Å². The molecular weight excluding hydrogens is 148 g/mol. The number of hydrogen-bond acceptors (Lipinski definition) is 2. The quantitative estimate of drug-likeness (QED) is 0.560. The molecule has 0 amide bonds. The maximum absolute atomic E-state index is 8.88. The van der Waals surface area contributed by atoms with Crippen molar-refractivity contribution in [1.82, 2.24) is 4.90 Å². The summed E-state index contributed by atoms with van der Waals surface area (Å²) in [5.74, 6) is 0. The van der Waals surface area contributed by atoms with Crippen molar-refractivity contribution in [3.8, 4) is 6.07 Å². The molecule has 0 aliphatic carbocycles. The molecule has 68 valence electrons. The Morgan fingerprint density at radius 2 is 1.67 bits per heavy atom. The van der Waals surface area contributed by atoms with Gasteiger partial charge in [0.25, 0.3) is 0 Å². The van der Waals surface area contributed by atoms with Gasteiger partial charge in [-0.3, -0.25) is 0 Å². The van der Waals surface area contributed by atoms with Crippen LogP contribution in [0.2, 0.25) is 0 Å². The van der Waals surface area contributed by atoms with Crippen LogP contribution in [0.15, 0.2) is 11.3 Å². The fraction of sp³-hybridized carbons (Fsp3) is 0.700. The molecule has 0 rings (SSSR count). The summed E-state index contributed by atoms with van der Waals surface area (Å²) in [6.45, 7) is 10.2. The van der Waals surface area contributed by atoms with E-state index in [9.17, 15) is 0 Å². The standard InChI is InChI=1S/C10H18N2/c1-8(2)9(7-11)12(6)10(3,4)5/h1-6H3. The van der Waals surface area contributed by atoms with Crippen molar-refractivity contribution in [2.45, 2.75) is 40.2 Å². The molecule has 0 bridgehead atoms. The van der Waals surface area contributed by atoms with Crippen LogP contribution in [0.1, 0.15) is 34.6 Å². The van der Waals surface area contributed by atoms with E-state index in [-0.39, 0.29) is 5.54 Å². The fourth-order valence-electron chi connectivity index (χ4n) is 0.858. The van der Waals surface area contributed by atoms with Gasteiger partial charge < -0.3 is 4.90 Å². The zero-order valence-electron chi connectivity index (χ0n) is 8.89. The Morgan fingerprint density at radius 1 is 1.25 bits per heavy atom. The fourth-order valence-corrected chi connectivity index (χ4v) is 0.858. The second-order valence-corrected chi connectivity index (χ2v) is 4.19. The van der Waals surface area contributed by atoms with Crippen LogP contribution in [0, 0.1) is 11.3 Å². The predicted octanol–water partition coefficient (Wildman–Crippen LogP) is 2.53. The van der Waals surface area contributed by atoms with E-state index in [0.717, 1.165) is 11.3 Å². The number of nitrogens with zero attached hydrogens (tertiary/aromatic N) is 2. The molecule has 0 radical (unpaired) electrons. The van der Waals surface area contributed by atoms with Crippen LogP contribution in [0.25, 0.3) is 0 Å². The minimum absolute atomic E-state index is 0.0162. The lowest BCUT2D eigenvalue weighted by Crippen LogP contribution is -2.37. The SMILES string of the molecule is CC(C)=C(C#N)N(C)C(C)(C)C. The third kappa shape index (κ3) is 2.58. The molecule has 0 saturated carbocycles. The summed E-state index contributed by atoms with van der Waals surface area (Å²) in [6, 6.07) is 2.21. The van der Waals surface area contributed by atoms with Crippen molar-refractivity contribution >= 4 is 0 Å². The normalized spacial score (nSPS) is 10.4. The van der Waals surface area contributed by atoms with Gasteiger partial charge in [0.2, 0.25) is 0 Å². The van der Waals surface area contributed by atoms with Crippen molar-refractivity contribution in [3.63, 3.8) is 0 Å². The van der Waals surface area contributed by atoms with Crippen LogP contribution in [0.4, 0.5) is 0 Å². The van der Waals surface area contributed by atoms with Gasteiger partial charge in [0.1, 0.15) is 11.8 Å². The van der Waals surface area contributed by atoms with E-state index in [1.165, 1.54) is 0 Å². The van der Waals surface area contributed by atoms with Crippen LogP contribution in [0.3, 0.4) is 0 Å². The first kappa shape index (κ1) is 11.0. The van der Waals surface area contributed by atoms with E-state index in [2.05, 4.69) is 26.8 Å². The number of rotatable bonds is 1. The van der Waals surface area contributed by atoms with E-state index >= 15 is 0 Å². The predicted molar refractivity (Wildman–Crippen MR) is 51.5 cm³/mol. The van der Waals surface area contributed by atoms with E-state index in [4.69, 9.17) is 5.26 Å². The summed E-state index contributed by atoms with van der Waals surface area (Å²) in [4.78, 5) is 2.00. The lowest BCUT2D eigenvalue weighted by atomic mass is 10.1. The Kier molecular flexibility index (Phi) is 3.33. The molecule has 0 fully saturated rings. The molecule has 2 heteroatoms. The first-order valence-corrected chi connectivity index (χ1v) is 4.12. The molecule has 0 spiro atoms. The first-order chi connectivity index (χ1) is 5.30. The Hall–Kier alpha value is -0.970. The van der Waals surface area contributed by atoms with E-state index in [0.29, 0.717) is 0 Å². The summed E-state index contributed by atoms with van der Waals surface area (Å²) in [5, 5.41) is 8.88. The lowest BCUT2D eigenvalue weighted by Gasteiger charge is -2.33. The highest BCUT2D eigenvalue weighted by Gasteiger charge is 2.19. The number of hydrogen-bond donors (Lipinski definition) is 0. The van der Waals surface area contributed by atoms with E-state index < -0.39 is 0 Å². The highest BCUT2D eigenvalue weighted by atomic mass is 15.2. The molecule has 0 aromatic heterocycles. The Morgan fingerprint density at radius 3 is 1.75 bits per heavy atom. The topological polar surface area (TPSA) is 27.0 Å². The third-order valence-electron chi connectivity index (χ3n) is 1.92. The molecular formula is C10H18N2. The van der Waals surface area contributed by atoms with Gasteiger partial charge in [-0.05, 0) is 40.2 Å². The molecule has 0 unspecified atom stereocenters. The summed E-state index contributed by atoms with van der Waals surface area (Å²) < 4.78 is 0. The molecule has 0 heterocycles. The van der Waals surface area contributed by atoms with Crippen molar-refractivity contribution in [3.05, 3.63) is 11.3 Å². The zero-order chi connectivity index (χ0) is 9.94. The Bertz CT molecular complexity index is 221. The average Bonchev–Trinajstić information content (AvgIpc) is 1.86. The van der Waals surface area contributed by atoms with Crippen molar-refractivity contribution in [2.24, 2.45) is 0 Å². The van der Waals surface area contributed by atoms with Gasteiger partial charge in [-0.25, -0.2) is 0 Å². The molecule has 0 N–H and O–H groups in total. The van der Waals surface area contributed by atoms with Crippen LogP contribution >= 0.6 is 0 Å². The van der Waals surface area contributed by atoms with Gasteiger partial charge in [-0.2, -0.15) is 5.26 Å². The average molecular weight is 166 g/mol. The summed E-state index contributed by atoms with van der Waals surface area (Å²) >= 11 is 0.